The molecular weight excluding hydrogens is 314 g/mol. The molecular formula is C17H17NO4S. The number of ether oxygens (including phenoxy) is 1. The predicted molar refractivity (Wildman–Crippen MR) is 87.1 cm³/mol. The van der Waals surface area contributed by atoms with Crippen molar-refractivity contribution in [3.05, 3.63) is 54.1 Å². The zero-order valence-electron chi connectivity index (χ0n) is 12.9. The van der Waals surface area contributed by atoms with E-state index in [0.29, 0.717) is 17.0 Å². The van der Waals surface area contributed by atoms with Crippen LogP contribution in [0.2, 0.25) is 0 Å². The number of hydrogen-bond acceptors (Lipinski definition) is 4. The van der Waals surface area contributed by atoms with E-state index >= 15 is 0 Å². The fourth-order valence-electron chi connectivity index (χ4n) is 2.92. The van der Waals surface area contributed by atoms with Gasteiger partial charge in [0.05, 0.1) is 23.7 Å². The van der Waals surface area contributed by atoms with E-state index in [9.17, 15) is 13.2 Å². The Labute approximate surface area is 135 Å². The normalized spacial score (nSPS) is 18.5. The Morgan fingerprint density at radius 2 is 1.91 bits per heavy atom. The molecule has 3 rings (SSSR count). The molecule has 0 saturated heterocycles. The summed E-state index contributed by atoms with van der Waals surface area (Å²) in [6, 6.07) is 13.2. The van der Waals surface area contributed by atoms with Crippen LogP contribution in [0.25, 0.3) is 0 Å². The topological polar surface area (TPSA) is 63.7 Å². The van der Waals surface area contributed by atoms with Gasteiger partial charge in [-0.15, -0.1) is 0 Å². The summed E-state index contributed by atoms with van der Waals surface area (Å²) in [5.41, 5.74) is 1.15. The van der Waals surface area contributed by atoms with Crippen molar-refractivity contribution < 1.29 is 17.9 Å². The average molecular weight is 331 g/mol. The van der Waals surface area contributed by atoms with Crippen LogP contribution in [0.15, 0.2) is 53.4 Å². The number of rotatable bonds is 4. The molecule has 6 heteroatoms. The van der Waals surface area contributed by atoms with Gasteiger partial charge in [-0.2, -0.15) is 0 Å². The van der Waals surface area contributed by atoms with E-state index in [1.807, 2.05) is 0 Å². The van der Waals surface area contributed by atoms with Crippen molar-refractivity contribution in [2.45, 2.75) is 24.3 Å². The fraction of sp³-hybridized carbons (Fsp3) is 0.235. The van der Waals surface area contributed by atoms with Crippen molar-refractivity contribution in [2.75, 3.05) is 11.4 Å². The average Bonchev–Trinajstić information content (AvgIpc) is 2.75. The van der Waals surface area contributed by atoms with E-state index in [0.717, 1.165) is 0 Å². The monoisotopic (exact) mass is 331 g/mol. The second-order valence-electron chi connectivity index (χ2n) is 5.46. The van der Waals surface area contributed by atoms with Gasteiger partial charge < -0.3 is 4.74 Å². The highest BCUT2D eigenvalue weighted by Gasteiger charge is 2.43. The molecule has 0 N–H and O–H groups in total. The lowest BCUT2D eigenvalue weighted by molar-refractivity contribution is -0.117. The summed E-state index contributed by atoms with van der Waals surface area (Å²) >= 11 is 0. The molecule has 0 aliphatic carbocycles. The predicted octanol–water partition coefficient (Wildman–Crippen LogP) is 2.92. The molecule has 0 saturated carbocycles. The standard InChI is InChI=1S/C17H17NO4S/c1-12(19)10-16-15-8-3-4-9-17(15)23(20,21)18(16)13-6-5-7-14(11-13)22-2/h3-9,11,16H,10H2,1-2H3. The van der Waals surface area contributed by atoms with Gasteiger partial charge >= 0.3 is 0 Å². The van der Waals surface area contributed by atoms with E-state index in [1.165, 1.54) is 18.3 Å². The molecule has 5 nitrogen and oxygen atoms in total. The lowest BCUT2D eigenvalue weighted by atomic mass is 10.0. The highest BCUT2D eigenvalue weighted by atomic mass is 32.2. The first-order valence-corrected chi connectivity index (χ1v) is 8.66. The molecule has 0 bridgehead atoms. The van der Waals surface area contributed by atoms with Crippen molar-refractivity contribution in [3.8, 4) is 5.75 Å². The van der Waals surface area contributed by atoms with Crippen molar-refractivity contribution >= 4 is 21.5 Å². The minimum atomic E-state index is -3.69. The lowest BCUT2D eigenvalue weighted by Crippen LogP contribution is -2.29. The molecule has 2 aromatic rings. The number of sulfonamides is 1. The van der Waals surface area contributed by atoms with Crippen molar-refractivity contribution in [2.24, 2.45) is 0 Å². The third-order valence-electron chi connectivity index (χ3n) is 3.89. The van der Waals surface area contributed by atoms with Gasteiger partial charge in [-0.1, -0.05) is 24.3 Å². The number of carbonyl (C=O) groups is 1. The second-order valence-corrected chi connectivity index (χ2v) is 7.25. The second kappa shape index (κ2) is 5.70. The Hall–Kier alpha value is -2.34. The van der Waals surface area contributed by atoms with E-state index in [4.69, 9.17) is 4.74 Å². The number of ketones is 1. The Bertz CT molecular complexity index is 860. The van der Waals surface area contributed by atoms with E-state index < -0.39 is 16.1 Å². The van der Waals surface area contributed by atoms with Gasteiger partial charge in [-0.25, -0.2) is 8.42 Å². The van der Waals surface area contributed by atoms with Crippen LogP contribution in [0.5, 0.6) is 5.75 Å². The molecule has 120 valence electrons. The Morgan fingerprint density at radius 3 is 2.61 bits per heavy atom. The van der Waals surface area contributed by atoms with Gasteiger partial charge in [-0.05, 0) is 30.7 Å². The first-order chi connectivity index (χ1) is 10.9. The van der Waals surface area contributed by atoms with Crippen LogP contribution in [0.1, 0.15) is 24.9 Å². The largest absolute Gasteiger partial charge is 0.497 e. The summed E-state index contributed by atoms with van der Waals surface area (Å²) in [4.78, 5) is 11.9. The van der Waals surface area contributed by atoms with Crippen LogP contribution in [0.3, 0.4) is 0 Å². The third-order valence-corrected chi connectivity index (χ3v) is 5.80. The maximum absolute atomic E-state index is 13.0. The van der Waals surface area contributed by atoms with Gasteiger partial charge in [0.2, 0.25) is 0 Å². The minimum Gasteiger partial charge on any atom is -0.497 e. The van der Waals surface area contributed by atoms with E-state index in [1.54, 1.807) is 48.5 Å². The molecule has 0 amide bonds. The lowest BCUT2D eigenvalue weighted by Gasteiger charge is -2.25. The quantitative estimate of drug-likeness (QED) is 0.864. The molecule has 0 spiro atoms. The number of carbonyl (C=O) groups excluding carboxylic acids is 1. The summed E-state index contributed by atoms with van der Waals surface area (Å²) in [5, 5.41) is 0. The molecule has 1 aliphatic rings. The molecule has 0 fully saturated rings. The Balaban J connectivity index is 2.19. The number of hydrogen-bond donors (Lipinski definition) is 0. The zero-order valence-corrected chi connectivity index (χ0v) is 13.7. The Morgan fingerprint density at radius 1 is 1.17 bits per heavy atom. The van der Waals surface area contributed by atoms with Crippen LogP contribution in [0.4, 0.5) is 5.69 Å². The van der Waals surface area contributed by atoms with Gasteiger partial charge in [0, 0.05) is 12.5 Å². The minimum absolute atomic E-state index is 0.0604. The number of fused-ring (bicyclic) bond motifs is 1. The third kappa shape index (κ3) is 2.59. The first-order valence-electron chi connectivity index (χ1n) is 7.22. The van der Waals surface area contributed by atoms with Crippen molar-refractivity contribution in [1.82, 2.24) is 0 Å². The summed E-state index contributed by atoms with van der Waals surface area (Å²) in [6.07, 6.45) is 0.132. The zero-order chi connectivity index (χ0) is 16.6. The van der Waals surface area contributed by atoms with Crippen LogP contribution >= 0.6 is 0 Å². The SMILES string of the molecule is COc1cccc(N2C(CC(C)=O)c3ccccc3S2(=O)=O)c1. The van der Waals surface area contributed by atoms with Gasteiger partial charge in [0.1, 0.15) is 11.5 Å². The number of benzene rings is 2. The van der Waals surface area contributed by atoms with Crippen LogP contribution in [-0.2, 0) is 14.8 Å². The smallest absolute Gasteiger partial charge is 0.265 e. The van der Waals surface area contributed by atoms with Crippen molar-refractivity contribution in [3.63, 3.8) is 0 Å². The molecule has 1 heterocycles. The number of nitrogens with zero attached hydrogens (tertiary/aromatic N) is 1. The maximum atomic E-state index is 13.0. The summed E-state index contributed by atoms with van der Waals surface area (Å²) in [6.45, 7) is 1.47. The number of Topliss-reactive ketones (excluding diaryl/α,β-unsaturated/α-hetero) is 1. The van der Waals surface area contributed by atoms with Gasteiger partial charge in [-0.3, -0.25) is 9.10 Å². The van der Waals surface area contributed by atoms with Crippen LogP contribution < -0.4 is 9.04 Å². The molecule has 23 heavy (non-hydrogen) atoms. The van der Waals surface area contributed by atoms with Crippen LogP contribution in [-0.4, -0.2) is 21.3 Å². The molecule has 1 unspecified atom stereocenters. The van der Waals surface area contributed by atoms with Crippen molar-refractivity contribution in [1.29, 1.82) is 0 Å². The molecule has 2 aromatic carbocycles. The molecule has 1 aliphatic heterocycles. The van der Waals surface area contributed by atoms with Gasteiger partial charge in [0.15, 0.2) is 0 Å². The first kappa shape index (κ1) is 15.6. The summed E-state index contributed by atoms with van der Waals surface area (Å²) < 4.78 is 32.4. The number of anilines is 1. The fourth-order valence-corrected chi connectivity index (χ4v) is 4.80. The molecule has 1 atom stereocenters. The van der Waals surface area contributed by atoms with E-state index in [-0.39, 0.29) is 17.1 Å². The number of methoxy groups -OCH3 is 1. The maximum Gasteiger partial charge on any atom is 0.265 e. The molecule has 0 aromatic heterocycles. The summed E-state index contributed by atoms with van der Waals surface area (Å²) in [5.74, 6) is 0.505. The summed E-state index contributed by atoms with van der Waals surface area (Å²) in [7, 11) is -2.17. The van der Waals surface area contributed by atoms with E-state index in [2.05, 4.69) is 0 Å². The van der Waals surface area contributed by atoms with Crippen LogP contribution in [0, 0.1) is 0 Å². The highest BCUT2D eigenvalue weighted by Crippen LogP contribution is 2.44. The highest BCUT2D eigenvalue weighted by molar-refractivity contribution is 7.93. The molecule has 0 radical (unpaired) electrons. The van der Waals surface area contributed by atoms with Gasteiger partial charge in [0.25, 0.3) is 10.0 Å². The Kier molecular flexibility index (Phi) is 3.85.